The van der Waals surface area contributed by atoms with Crippen molar-refractivity contribution in [2.75, 3.05) is 0 Å². The Morgan fingerprint density at radius 3 is 2.30 bits per heavy atom. The Kier molecular flexibility index (Phi) is 7.19. The van der Waals surface area contributed by atoms with E-state index in [2.05, 4.69) is 15.6 Å². The minimum absolute atomic E-state index is 0.112. The summed E-state index contributed by atoms with van der Waals surface area (Å²) in [6.07, 6.45) is 0. The molecule has 0 spiro atoms. The van der Waals surface area contributed by atoms with Gasteiger partial charge >= 0.3 is 11.7 Å². The number of ether oxygens (including phenoxy) is 1. The lowest BCUT2D eigenvalue weighted by molar-refractivity contribution is -0.386. The van der Waals surface area contributed by atoms with Crippen LogP contribution >= 0.6 is 11.6 Å². The average Bonchev–Trinajstić information content (AvgIpc) is 3.05. The van der Waals surface area contributed by atoms with Crippen molar-refractivity contribution in [1.82, 2.24) is 15.2 Å². The average molecular weight is 470 g/mol. The van der Waals surface area contributed by atoms with E-state index in [1.165, 1.54) is 18.5 Å². The first-order valence-corrected chi connectivity index (χ1v) is 10.1. The Labute approximate surface area is 194 Å². The maximum atomic E-state index is 12.2. The SMILES string of the molecule is C/C(=N\NC(=O)Cn1nc(C)c([N+](=O)[O-])c1C)c1ccc(OC(=O)c2ccc(Cl)cc2)cc1. The summed E-state index contributed by atoms with van der Waals surface area (Å²) in [4.78, 5) is 34.9. The van der Waals surface area contributed by atoms with Crippen LogP contribution in [-0.4, -0.2) is 32.3 Å². The van der Waals surface area contributed by atoms with E-state index in [-0.39, 0.29) is 23.6 Å². The molecule has 0 aliphatic heterocycles. The van der Waals surface area contributed by atoms with E-state index in [4.69, 9.17) is 16.3 Å². The molecule has 0 radical (unpaired) electrons. The van der Waals surface area contributed by atoms with Crippen molar-refractivity contribution in [3.8, 4) is 5.75 Å². The number of aryl methyl sites for hydroxylation is 1. The zero-order valence-electron chi connectivity index (χ0n) is 18.0. The first-order valence-electron chi connectivity index (χ1n) is 9.75. The highest BCUT2D eigenvalue weighted by molar-refractivity contribution is 6.30. The standard InChI is InChI=1S/C22H20ClN5O5/c1-13(24-25-20(29)12-27-15(3)21(28(31)32)14(2)26-27)16-6-10-19(11-7-16)33-22(30)17-4-8-18(23)9-5-17/h4-11H,12H2,1-3H3,(H,25,29)/b24-13+. The predicted octanol–water partition coefficient (Wildman–Crippen LogP) is 3.82. The van der Waals surface area contributed by atoms with E-state index >= 15 is 0 Å². The molecule has 11 heteroatoms. The molecule has 1 N–H and O–H groups in total. The Morgan fingerprint density at radius 1 is 1.12 bits per heavy atom. The summed E-state index contributed by atoms with van der Waals surface area (Å²) in [5, 5.41) is 19.7. The van der Waals surface area contributed by atoms with E-state index in [0.29, 0.717) is 27.6 Å². The molecule has 0 aliphatic rings. The third-order valence-electron chi connectivity index (χ3n) is 4.73. The second kappa shape index (κ2) is 10.0. The number of hydrogen-bond donors (Lipinski definition) is 1. The van der Waals surface area contributed by atoms with Gasteiger partial charge in [0.2, 0.25) is 0 Å². The summed E-state index contributed by atoms with van der Waals surface area (Å²) >= 11 is 5.82. The molecule has 1 aromatic heterocycles. The van der Waals surface area contributed by atoms with Gasteiger partial charge in [0.15, 0.2) is 0 Å². The van der Waals surface area contributed by atoms with Crippen LogP contribution in [0.3, 0.4) is 0 Å². The highest BCUT2D eigenvalue weighted by Crippen LogP contribution is 2.21. The van der Waals surface area contributed by atoms with Crippen molar-refractivity contribution in [3.05, 3.63) is 86.2 Å². The van der Waals surface area contributed by atoms with Gasteiger partial charge in [-0.05, 0) is 74.9 Å². The lowest BCUT2D eigenvalue weighted by Crippen LogP contribution is -2.25. The Morgan fingerprint density at radius 2 is 1.73 bits per heavy atom. The Bertz CT molecular complexity index is 1230. The molecule has 10 nitrogen and oxygen atoms in total. The first-order chi connectivity index (χ1) is 15.7. The fourth-order valence-electron chi connectivity index (χ4n) is 3.00. The number of halogens is 1. The monoisotopic (exact) mass is 469 g/mol. The van der Waals surface area contributed by atoms with Gasteiger partial charge in [-0.25, -0.2) is 10.2 Å². The van der Waals surface area contributed by atoms with Crippen LogP contribution < -0.4 is 10.2 Å². The van der Waals surface area contributed by atoms with Gasteiger partial charge < -0.3 is 4.74 Å². The van der Waals surface area contributed by atoms with Gasteiger partial charge in [-0.15, -0.1) is 0 Å². The zero-order valence-corrected chi connectivity index (χ0v) is 18.8. The number of carbonyl (C=O) groups excluding carboxylic acids is 2. The van der Waals surface area contributed by atoms with Crippen molar-refractivity contribution < 1.29 is 19.2 Å². The number of nitrogens with one attached hydrogen (secondary N) is 1. The quantitative estimate of drug-likeness (QED) is 0.184. The summed E-state index contributed by atoms with van der Waals surface area (Å²) in [6.45, 7) is 4.53. The Hall–Kier alpha value is -4.05. The predicted molar refractivity (Wildman–Crippen MR) is 122 cm³/mol. The fraction of sp³-hybridized carbons (Fsp3) is 0.182. The van der Waals surface area contributed by atoms with Crippen LogP contribution in [0.4, 0.5) is 5.69 Å². The lowest BCUT2D eigenvalue weighted by Gasteiger charge is -2.07. The molecule has 0 unspecified atom stereocenters. The van der Waals surface area contributed by atoms with Gasteiger partial charge in [-0.3, -0.25) is 19.6 Å². The van der Waals surface area contributed by atoms with E-state index in [9.17, 15) is 19.7 Å². The van der Waals surface area contributed by atoms with E-state index in [0.717, 1.165) is 0 Å². The van der Waals surface area contributed by atoms with Gasteiger partial charge in [-0.1, -0.05) is 11.6 Å². The number of rotatable bonds is 7. The molecule has 3 aromatic rings. The second-order valence-corrected chi connectivity index (χ2v) is 7.52. The molecule has 33 heavy (non-hydrogen) atoms. The molecule has 0 atom stereocenters. The highest BCUT2D eigenvalue weighted by atomic mass is 35.5. The molecule has 1 heterocycles. The molecule has 0 bridgehead atoms. The molecular formula is C22H20ClN5O5. The van der Waals surface area contributed by atoms with Crippen LogP contribution in [0.2, 0.25) is 5.02 Å². The van der Waals surface area contributed by atoms with Gasteiger partial charge in [0.05, 0.1) is 16.2 Å². The lowest BCUT2D eigenvalue weighted by atomic mass is 10.1. The molecule has 1 amide bonds. The van der Waals surface area contributed by atoms with Crippen LogP contribution in [0, 0.1) is 24.0 Å². The fourth-order valence-corrected chi connectivity index (χ4v) is 3.13. The number of amides is 1. The molecular weight excluding hydrogens is 450 g/mol. The summed E-state index contributed by atoms with van der Waals surface area (Å²) in [5.74, 6) is -0.647. The number of hydrazone groups is 1. The number of nitrogens with zero attached hydrogens (tertiary/aromatic N) is 4. The molecule has 0 saturated heterocycles. The number of aromatic nitrogens is 2. The number of benzene rings is 2. The minimum atomic E-state index is -0.523. The van der Waals surface area contributed by atoms with Crippen LogP contribution in [0.1, 0.15) is 34.2 Å². The van der Waals surface area contributed by atoms with Crippen LogP contribution in [0.15, 0.2) is 53.6 Å². The van der Waals surface area contributed by atoms with E-state index in [1.54, 1.807) is 55.5 Å². The Balaban J connectivity index is 1.60. The van der Waals surface area contributed by atoms with Gasteiger partial charge in [-0.2, -0.15) is 10.2 Å². The van der Waals surface area contributed by atoms with Crippen LogP contribution in [0.5, 0.6) is 5.75 Å². The first kappa shape index (κ1) is 23.6. The molecule has 0 saturated carbocycles. The van der Waals surface area contributed by atoms with Gasteiger partial charge in [0, 0.05) is 5.02 Å². The van der Waals surface area contributed by atoms with Gasteiger partial charge in [0.25, 0.3) is 5.91 Å². The number of hydrogen-bond acceptors (Lipinski definition) is 7. The van der Waals surface area contributed by atoms with Crippen molar-refractivity contribution >= 4 is 34.9 Å². The van der Waals surface area contributed by atoms with Crippen molar-refractivity contribution in [2.24, 2.45) is 5.10 Å². The van der Waals surface area contributed by atoms with E-state index < -0.39 is 16.8 Å². The molecule has 170 valence electrons. The van der Waals surface area contributed by atoms with Crippen molar-refractivity contribution in [2.45, 2.75) is 27.3 Å². The maximum absolute atomic E-state index is 12.2. The highest BCUT2D eigenvalue weighted by Gasteiger charge is 2.22. The van der Waals surface area contributed by atoms with Crippen LogP contribution in [-0.2, 0) is 11.3 Å². The molecule has 0 fully saturated rings. The zero-order chi connectivity index (χ0) is 24.1. The smallest absolute Gasteiger partial charge is 0.343 e. The topological polar surface area (TPSA) is 129 Å². The largest absolute Gasteiger partial charge is 0.423 e. The van der Waals surface area contributed by atoms with Crippen molar-refractivity contribution in [1.29, 1.82) is 0 Å². The summed E-state index contributed by atoms with van der Waals surface area (Å²) in [5.41, 5.74) is 4.41. The third kappa shape index (κ3) is 5.80. The van der Waals surface area contributed by atoms with Crippen LogP contribution in [0.25, 0.3) is 0 Å². The normalized spacial score (nSPS) is 11.2. The summed E-state index contributed by atoms with van der Waals surface area (Å²) < 4.78 is 6.59. The third-order valence-corrected chi connectivity index (χ3v) is 4.98. The molecule has 0 aliphatic carbocycles. The summed E-state index contributed by atoms with van der Waals surface area (Å²) in [7, 11) is 0. The molecule has 2 aromatic carbocycles. The van der Waals surface area contributed by atoms with E-state index in [1.807, 2.05) is 0 Å². The minimum Gasteiger partial charge on any atom is -0.423 e. The number of carbonyl (C=O) groups is 2. The maximum Gasteiger partial charge on any atom is 0.343 e. The number of nitro groups is 1. The van der Waals surface area contributed by atoms with Crippen molar-refractivity contribution in [3.63, 3.8) is 0 Å². The number of esters is 1. The van der Waals surface area contributed by atoms with Gasteiger partial charge in [0.1, 0.15) is 23.7 Å². The second-order valence-electron chi connectivity index (χ2n) is 7.09. The molecule has 3 rings (SSSR count). The summed E-state index contributed by atoms with van der Waals surface area (Å²) in [6, 6.07) is 13.0.